The molecule has 2 N–H and O–H groups in total. The summed E-state index contributed by atoms with van der Waals surface area (Å²) in [6.07, 6.45) is 8.29. The van der Waals surface area contributed by atoms with Crippen LogP contribution in [0.25, 0.3) is 11.4 Å². The largest absolute Gasteiger partial charge is 0.489 e. The summed E-state index contributed by atoms with van der Waals surface area (Å²) in [5.41, 5.74) is 2.19. The van der Waals surface area contributed by atoms with Gasteiger partial charge in [-0.1, -0.05) is 5.21 Å². The Bertz CT molecular complexity index is 1130. The Hall–Kier alpha value is -3.63. The molecule has 2 saturated carbocycles. The topological polar surface area (TPSA) is 141 Å². The molecule has 0 radical (unpaired) electrons. The van der Waals surface area contributed by atoms with E-state index in [0.717, 1.165) is 37.2 Å². The first-order chi connectivity index (χ1) is 16.1. The van der Waals surface area contributed by atoms with Crippen LogP contribution < -0.4 is 10.1 Å². The predicted molar refractivity (Wildman–Crippen MR) is 117 cm³/mol. The fraction of sp³-hybridized carbons (Fsp3) is 0.500. The molecule has 3 heterocycles. The summed E-state index contributed by atoms with van der Waals surface area (Å²) in [5, 5.41) is 20.9. The molecule has 5 rings (SSSR count). The van der Waals surface area contributed by atoms with Crippen LogP contribution in [0.3, 0.4) is 0 Å². The molecule has 2 aliphatic rings. The molecular weight excluding hydrogens is 424 g/mol. The number of hydrogen-bond donors (Lipinski definition) is 2. The van der Waals surface area contributed by atoms with Crippen molar-refractivity contribution in [3.8, 4) is 17.1 Å². The highest BCUT2D eigenvalue weighted by Crippen LogP contribution is 2.37. The number of aryl methyl sites for hydroxylation is 1. The van der Waals surface area contributed by atoms with Gasteiger partial charge >= 0.3 is 5.97 Å². The molecular formula is C22H26N8O3. The molecule has 3 aromatic heterocycles. The number of rotatable bonds is 8. The molecule has 11 nitrogen and oxygen atoms in total. The van der Waals surface area contributed by atoms with E-state index in [9.17, 15) is 9.90 Å². The van der Waals surface area contributed by atoms with Crippen molar-refractivity contribution >= 4 is 11.9 Å². The van der Waals surface area contributed by atoms with E-state index in [4.69, 9.17) is 4.74 Å². The molecule has 11 heteroatoms. The van der Waals surface area contributed by atoms with E-state index in [2.05, 4.69) is 35.6 Å². The lowest BCUT2D eigenvalue weighted by Gasteiger charge is -2.27. The fourth-order valence-electron chi connectivity index (χ4n) is 4.13. The number of anilines is 1. The third-order valence-electron chi connectivity index (χ3n) is 6.15. The van der Waals surface area contributed by atoms with E-state index in [-0.39, 0.29) is 12.0 Å². The maximum Gasteiger partial charge on any atom is 0.306 e. The number of carboxylic acids is 1. The number of carboxylic acid groups (broad SMARTS) is 1. The average Bonchev–Trinajstić information content (AvgIpc) is 3.62. The molecule has 0 saturated heterocycles. The van der Waals surface area contributed by atoms with Gasteiger partial charge in [0.15, 0.2) is 0 Å². The van der Waals surface area contributed by atoms with Crippen LogP contribution >= 0.6 is 0 Å². The van der Waals surface area contributed by atoms with Crippen molar-refractivity contribution in [3.63, 3.8) is 0 Å². The summed E-state index contributed by atoms with van der Waals surface area (Å²) < 4.78 is 7.70. The smallest absolute Gasteiger partial charge is 0.306 e. The fourth-order valence-corrected chi connectivity index (χ4v) is 4.13. The minimum Gasteiger partial charge on any atom is -0.489 e. The van der Waals surface area contributed by atoms with Crippen LogP contribution in [0.15, 0.2) is 24.7 Å². The minimum atomic E-state index is -0.749. The highest BCUT2D eigenvalue weighted by molar-refractivity contribution is 5.70. The second-order valence-electron chi connectivity index (χ2n) is 8.62. The minimum absolute atomic E-state index is 0.107. The Kier molecular flexibility index (Phi) is 5.84. The van der Waals surface area contributed by atoms with E-state index in [1.165, 1.54) is 6.33 Å². The van der Waals surface area contributed by atoms with Gasteiger partial charge in [0.05, 0.1) is 36.2 Å². The molecule has 172 valence electrons. The summed E-state index contributed by atoms with van der Waals surface area (Å²) in [4.78, 5) is 28.8. The van der Waals surface area contributed by atoms with E-state index in [0.29, 0.717) is 48.4 Å². The Morgan fingerprint density at radius 2 is 2.09 bits per heavy atom. The second kappa shape index (κ2) is 9.08. The van der Waals surface area contributed by atoms with Gasteiger partial charge in [-0.15, -0.1) is 5.10 Å². The lowest BCUT2D eigenvalue weighted by atomic mass is 9.87. The van der Waals surface area contributed by atoms with Gasteiger partial charge in [0.1, 0.15) is 23.6 Å². The first kappa shape index (κ1) is 21.2. The summed E-state index contributed by atoms with van der Waals surface area (Å²) >= 11 is 0. The van der Waals surface area contributed by atoms with E-state index in [1.54, 1.807) is 10.9 Å². The molecule has 0 aromatic carbocycles. The Morgan fingerprint density at radius 3 is 2.85 bits per heavy atom. The Morgan fingerprint density at radius 1 is 1.21 bits per heavy atom. The summed E-state index contributed by atoms with van der Waals surface area (Å²) in [5.74, 6) is 1.35. The van der Waals surface area contributed by atoms with Crippen LogP contribution in [-0.4, -0.2) is 52.1 Å². The monoisotopic (exact) mass is 450 g/mol. The van der Waals surface area contributed by atoms with Crippen LogP contribution in [0.4, 0.5) is 5.95 Å². The van der Waals surface area contributed by atoms with E-state index < -0.39 is 5.97 Å². The highest BCUT2D eigenvalue weighted by Gasteiger charge is 2.28. The molecule has 3 aromatic rings. The first-order valence-electron chi connectivity index (χ1n) is 11.2. The van der Waals surface area contributed by atoms with Gasteiger partial charge in [-0.2, -0.15) is 4.98 Å². The second-order valence-corrected chi connectivity index (χ2v) is 8.62. The van der Waals surface area contributed by atoms with Gasteiger partial charge in [0, 0.05) is 13.0 Å². The Labute approximate surface area is 190 Å². The van der Waals surface area contributed by atoms with Crippen molar-refractivity contribution in [2.24, 2.45) is 13.0 Å². The number of pyridine rings is 1. The maximum absolute atomic E-state index is 11.3. The zero-order chi connectivity index (χ0) is 22.8. The number of aromatic nitrogens is 7. The van der Waals surface area contributed by atoms with Gasteiger partial charge in [-0.05, 0) is 50.7 Å². The maximum atomic E-state index is 11.3. The van der Waals surface area contributed by atoms with E-state index >= 15 is 0 Å². The molecule has 0 spiro atoms. The number of aliphatic carboxylic acids is 1. The SMILES string of the molecule is Cn1nnc(-c2ccc(O[C@H]3CCC[C@H](C(=O)O)C3)cn2)c1CNc1ncnc(C2CC2)n1. The van der Waals surface area contributed by atoms with Crippen molar-refractivity contribution in [3.05, 3.63) is 36.2 Å². The lowest BCUT2D eigenvalue weighted by molar-refractivity contribution is -0.143. The van der Waals surface area contributed by atoms with Gasteiger partial charge in [-0.25, -0.2) is 14.6 Å². The third-order valence-corrected chi connectivity index (χ3v) is 6.15. The summed E-state index contributed by atoms with van der Waals surface area (Å²) in [6, 6.07) is 3.68. The normalized spacial score (nSPS) is 20.4. The van der Waals surface area contributed by atoms with Crippen LogP contribution in [0, 0.1) is 5.92 Å². The standard InChI is InChI=1S/C22H26N8O3/c1-30-18(11-24-22-26-12-25-20(27-22)13-5-6-13)19(28-29-30)17-8-7-16(10-23-17)33-15-4-2-3-14(9-15)21(31)32/h7-8,10,12-15H,2-6,9,11H2,1H3,(H,31,32)(H,24,25,26,27)/t14-,15-/m0/s1. The van der Waals surface area contributed by atoms with Crippen molar-refractivity contribution in [1.82, 2.24) is 34.9 Å². The van der Waals surface area contributed by atoms with Crippen molar-refractivity contribution in [2.45, 2.75) is 57.1 Å². The average molecular weight is 451 g/mol. The third kappa shape index (κ3) is 4.91. The number of hydrogen-bond acceptors (Lipinski definition) is 9. The predicted octanol–water partition coefficient (Wildman–Crippen LogP) is 2.57. The zero-order valence-corrected chi connectivity index (χ0v) is 18.4. The first-order valence-corrected chi connectivity index (χ1v) is 11.2. The van der Waals surface area contributed by atoms with E-state index in [1.807, 2.05) is 19.2 Å². The molecule has 0 bridgehead atoms. The van der Waals surface area contributed by atoms with Gasteiger partial charge in [0.25, 0.3) is 0 Å². The lowest BCUT2D eigenvalue weighted by Crippen LogP contribution is -2.29. The molecule has 2 fully saturated rings. The van der Waals surface area contributed by atoms with Crippen LogP contribution in [-0.2, 0) is 18.4 Å². The van der Waals surface area contributed by atoms with Gasteiger partial charge in [0.2, 0.25) is 5.95 Å². The number of carbonyl (C=O) groups is 1. The number of nitrogens with zero attached hydrogens (tertiary/aromatic N) is 7. The Balaban J connectivity index is 1.25. The zero-order valence-electron chi connectivity index (χ0n) is 18.4. The number of ether oxygens (including phenoxy) is 1. The van der Waals surface area contributed by atoms with Crippen molar-refractivity contribution in [1.29, 1.82) is 0 Å². The van der Waals surface area contributed by atoms with Crippen LogP contribution in [0.2, 0.25) is 0 Å². The molecule has 0 unspecified atom stereocenters. The van der Waals surface area contributed by atoms with Crippen molar-refractivity contribution < 1.29 is 14.6 Å². The molecule has 33 heavy (non-hydrogen) atoms. The van der Waals surface area contributed by atoms with Gasteiger partial charge < -0.3 is 15.2 Å². The molecule has 2 aliphatic carbocycles. The van der Waals surface area contributed by atoms with Crippen LogP contribution in [0.5, 0.6) is 5.75 Å². The van der Waals surface area contributed by atoms with Crippen LogP contribution in [0.1, 0.15) is 56.0 Å². The number of nitrogens with one attached hydrogen (secondary N) is 1. The van der Waals surface area contributed by atoms with Gasteiger partial charge in [-0.3, -0.25) is 9.78 Å². The molecule has 0 aliphatic heterocycles. The highest BCUT2D eigenvalue weighted by atomic mass is 16.5. The molecule has 2 atom stereocenters. The summed E-state index contributed by atoms with van der Waals surface area (Å²) in [7, 11) is 1.83. The van der Waals surface area contributed by atoms with Crippen molar-refractivity contribution in [2.75, 3.05) is 5.32 Å². The molecule has 0 amide bonds. The summed E-state index contributed by atoms with van der Waals surface area (Å²) in [6.45, 7) is 0.436. The quantitative estimate of drug-likeness (QED) is 0.526.